The molecule has 0 radical (unpaired) electrons. The van der Waals surface area contributed by atoms with E-state index in [0.717, 1.165) is 13.0 Å². The molecule has 0 aliphatic heterocycles. The summed E-state index contributed by atoms with van der Waals surface area (Å²) in [5.41, 5.74) is 5.44. The van der Waals surface area contributed by atoms with Crippen LogP contribution in [-0.2, 0) is 0 Å². The average molecular weight is 201 g/mol. The molecule has 0 aliphatic carbocycles. The third kappa shape index (κ3) is 6.71. The molecule has 4 heteroatoms. The van der Waals surface area contributed by atoms with Crippen molar-refractivity contribution in [2.45, 2.75) is 52.0 Å². The van der Waals surface area contributed by atoms with E-state index >= 15 is 0 Å². The highest BCUT2D eigenvalue weighted by Crippen LogP contribution is 1.99. The van der Waals surface area contributed by atoms with Gasteiger partial charge in [0.2, 0.25) is 0 Å². The van der Waals surface area contributed by atoms with E-state index in [4.69, 9.17) is 10.9 Å². The number of amidine groups is 1. The predicted octanol–water partition coefficient (Wildman–Crippen LogP) is 1.68. The minimum atomic E-state index is 0.305. The van der Waals surface area contributed by atoms with Gasteiger partial charge >= 0.3 is 0 Å². The second-order valence-corrected chi connectivity index (χ2v) is 3.56. The van der Waals surface area contributed by atoms with Crippen molar-refractivity contribution < 1.29 is 5.21 Å². The molecular formula is C10H23N3O. The molecule has 4 N–H and O–H groups in total. The van der Waals surface area contributed by atoms with Crippen molar-refractivity contribution in [3.8, 4) is 0 Å². The van der Waals surface area contributed by atoms with Crippen LogP contribution in [0.25, 0.3) is 0 Å². The fourth-order valence-electron chi connectivity index (χ4n) is 1.34. The quantitative estimate of drug-likeness (QED) is 0.184. The van der Waals surface area contributed by atoms with Crippen LogP contribution in [0.1, 0.15) is 46.0 Å². The summed E-state index contributed by atoms with van der Waals surface area (Å²) >= 11 is 0. The number of nitrogens with zero attached hydrogens (tertiary/aromatic N) is 1. The summed E-state index contributed by atoms with van der Waals surface area (Å²) in [5.74, 6) is 0.305. The van der Waals surface area contributed by atoms with Gasteiger partial charge in [0.1, 0.15) is 5.84 Å². The van der Waals surface area contributed by atoms with Crippen LogP contribution < -0.4 is 11.1 Å². The Balaban J connectivity index is 3.58. The summed E-state index contributed by atoms with van der Waals surface area (Å²) in [6, 6.07) is 0.336. The molecule has 0 heterocycles. The molecule has 0 saturated carbocycles. The van der Waals surface area contributed by atoms with Gasteiger partial charge in [-0.3, -0.25) is 0 Å². The van der Waals surface area contributed by atoms with Gasteiger partial charge in [0, 0.05) is 12.5 Å². The molecule has 1 unspecified atom stereocenters. The van der Waals surface area contributed by atoms with Crippen LogP contribution in [0.15, 0.2) is 5.16 Å². The highest BCUT2D eigenvalue weighted by molar-refractivity contribution is 5.80. The standard InChI is InChI=1S/C10H23N3O/c1-3-5-6-7-12-9(4-2)8-10(11)13-14/h9,12,14H,3-8H2,1-2H3,(H2,11,13). The van der Waals surface area contributed by atoms with Gasteiger partial charge in [0.15, 0.2) is 0 Å². The third-order valence-electron chi connectivity index (χ3n) is 2.29. The maximum absolute atomic E-state index is 8.42. The molecule has 0 aromatic heterocycles. The molecule has 4 nitrogen and oxygen atoms in total. The molecule has 0 aromatic carbocycles. The fraction of sp³-hybridized carbons (Fsp3) is 0.900. The molecule has 0 aromatic rings. The topological polar surface area (TPSA) is 70.6 Å². The lowest BCUT2D eigenvalue weighted by atomic mass is 10.1. The number of nitrogens with two attached hydrogens (primary N) is 1. The van der Waals surface area contributed by atoms with Crippen LogP contribution >= 0.6 is 0 Å². The Hall–Kier alpha value is -0.770. The fourth-order valence-corrected chi connectivity index (χ4v) is 1.34. The van der Waals surface area contributed by atoms with Crippen LogP contribution in [0.2, 0.25) is 0 Å². The van der Waals surface area contributed by atoms with Crippen molar-refractivity contribution >= 4 is 5.84 Å². The minimum Gasteiger partial charge on any atom is -0.409 e. The number of rotatable bonds is 8. The Labute approximate surface area is 86.6 Å². The minimum absolute atomic E-state index is 0.305. The van der Waals surface area contributed by atoms with Gasteiger partial charge in [-0.1, -0.05) is 31.8 Å². The Morgan fingerprint density at radius 2 is 2.14 bits per heavy atom. The molecular weight excluding hydrogens is 178 g/mol. The number of hydrogen-bond acceptors (Lipinski definition) is 3. The van der Waals surface area contributed by atoms with E-state index in [1.165, 1.54) is 19.3 Å². The molecule has 14 heavy (non-hydrogen) atoms. The first kappa shape index (κ1) is 13.2. The van der Waals surface area contributed by atoms with Crippen molar-refractivity contribution in [2.75, 3.05) is 6.54 Å². The van der Waals surface area contributed by atoms with E-state index in [1.807, 2.05) is 0 Å². The second kappa shape index (κ2) is 8.81. The Kier molecular flexibility index (Phi) is 8.33. The summed E-state index contributed by atoms with van der Waals surface area (Å²) < 4.78 is 0. The van der Waals surface area contributed by atoms with Crippen LogP contribution in [0.4, 0.5) is 0 Å². The predicted molar refractivity (Wildman–Crippen MR) is 59.6 cm³/mol. The van der Waals surface area contributed by atoms with Gasteiger partial charge in [-0.25, -0.2) is 0 Å². The van der Waals surface area contributed by atoms with Crippen LogP contribution in [0.5, 0.6) is 0 Å². The highest BCUT2D eigenvalue weighted by atomic mass is 16.4. The van der Waals surface area contributed by atoms with E-state index in [0.29, 0.717) is 18.3 Å². The Morgan fingerprint density at radius 1 is 1.43 bits per heavy atom. The van der Waals surface area contributed by atoms with Crippen molar-refractivity contribution in [3.05, 3.63) is 0 Å². The van der Waals surface area contributed by atoms with Crippen LogP contribution in [-0.4, -0.2) is 23.6 Å². The number of nitrogens with one attached hydrogen (secondary N) is 1. The van der Waals surface area contributed by atoms with E-state index < -0.39 is 0 Å². The molecule has 0 bridgehead atoms. The van der Waals surface area contributed by atoms with Crippen LogP contribution in [0, 0.1) is 0 Å². The third-order valence-corrected chi connectivity index (χ3v) is 2.29. The second-order valence-electron chi connectivity index (χ2n) is 3.56. The largest absolute Gasteiger partial charge is 0.409 e. The molecule has 0 rings (SSSR count). The molecule has 0 amide bonds. The van der Waals surface area contributed by atoms with Crippen molar-refractivity contribution in [2.24, 2.45) is 10.9 Å². The monoisotopic (exact) mass is 201 g/mol. The molecule has 0 saturated heterocycles. The zero-order chi connectivity index (χ0) is 10.8. The van der Waals surface area contributed by atoms with Crippen molar-refractivity contribution in [3.63, 3.8) is 0 Å². The number of oxime groups is 1. The lowest BCUT2D eigenvalue weighted by molar-refractivity contribution is 0.315. The maximum Gasteiger partial charge on any atom is 0.140 e. The van der Waals surface area contributed by atoms with Gasteiger partial charge in [0.25, 0.3) is 0 Å². The lowest BCUT2D eigenvalue weighted by Crippen LogP contribution is -2.33. The normalized spacial score (nSPS) is 14.3. The molecule has 84 valence electrons. The molecule has 0 fully saturated rings. The van der Waals surface area contributed by atoms with Gasteiger partial charge in [-0.2, -0.15) is 0 Å². The van der Waals surface area contributed by atoms with Crippen molar-refractivity contribution in [1.82, 2.24) is 5.32 Å². The zero-order valence-corrected chi connectivity index (χ0v) is 9.29. The maximum atomic E-state index is 8.42. The zero-order valence-electron chi connectivity index (χ0n) is 9.29. The summed E-state index contributed by atoms with van der Waals surface area (Å²) in [5, 5.41) is 14.8. The number of unbranched alkanes of at least 4 members (excludes halogenated alkanes) is 2. The smallest absolute Gasteiger partial charge is 0.140 e. The van der Waals surface area contributed by atoms with E-state index in [9.17, 15) is 0 Å². The van der Waals surface area contributed by atoms with E-state index in [2.05, 4.69) is 24.3 Å². The van der Waals surface area contributed by atoms with Crippen molar-refractivity contribution in [1.29, 1.82) is 0 Å². The SMILES string of the molecule is CCCCCNC(CC)CC(N)=NO. The van der Waals surface area contributed by atoms with Gasteiger partial charge in [0.05, 0.1) is 0 Å². The van der Waals surface area contributed by atoms with Crippen LogP contribution in [0.3, 0.4) is 0 Å². The van der Waals surface area contributed by atoms with Gasteiger partial charge < -0.3 is 16.3 Å². The van der Waals surface area contributed by atoms with E-state index in [-0.39, 0.29) is 0 Å². The molecule has 1 atom stereocenters. The average Bonchev–Trinajstić information content (AvgIpc) is 2.22. The summed E-state index contributed by atoms with van der Waals surface area (Å²) in [7, 11) is 0. The molecule has 0 aliphatic rings. The Bertz CT molecular complexity index is 159. The summed E-state index contributed by atoms with van der Waals surface area (Å²) in [4.78, 5) is 0. The summed E-state index contributed by atoms with van der Waals surface area (Å²) in [6.07, 6.45) is 5.32. The first-order valence-corrected chi connectivity index (χ1v) is 5.44. The highest BCUT2D eigenvalue weighted by Gasteiger charge is 2.07. The van der Waals surface area contributed by atoms with E-state index in [1.54, 1.807) is 0 Å². The Morgan fingerprint density at radius 3 is 2.64 bits per heavy atom. The number of hydrogen-bond donors (Lipinski definition) is 3. The first-order valence-electron chi connectivity index (χ1n) is 5.44. The lowest BCUT2D eigenvalue weighted by Gasteiger charge is -2.15. The summed E-state index contributed by atoms with van der Waals surface area (Å²) in [6.45, 7) is 5.31. The van der Waals surface area contributed by atoms with Gasteiger partial charge in [-0.05, 0) is 19.4 Å². The first-order chi connectivity index (χ1) is 6.74. The molecule has 0 spiro atoms. The van der Waals surface area contributed by atoms with Gasteiger partial charge in [-0.15, -0.1) is 0 Å².